The van der Waals surface area contributed by atoms with Gasteiger partial charge in [0.1, 0.15) is 18.0 Å². The summed E-state index contributed by atoms with van der Waals surface area (Å²) in [5.74, 6) is 2.24. The van der Waals surface area contributed by atoms with E-state index in [1.165, 1.54) is 6.33 Å². The van der Waals surface area contributed by atoms with Gasteiger partial charge in [0.05, 0.1) is 32.0 Å². The molecule has 0 unspecified atom stereocenters. The maximum atomic E-state index is 12.7. The summed E-state index contributed by atoms with van der Waals surface area (Å²) in [6.45, 7) is 1.62. The van der Waals surface area contributed by atoms with Gasteiger partial charge >= 0.3 is 0 Å². The van der Waals surface area contributed by atoms with Gasteiger partial charge in [-0.05, 0) is 19.3 Å². The third-order valence-corrected chi connectivity index (χ3v) is 5.85. The van der Waals surface area contributed by atoms with Crippen LogP contribution in [0.2, 0.25) is 0 Å². The summed E-state index contributed by atoms with van der Waals surface area (Å²) in [5, 5.41) is 9.22. The lowest BCUT2D eigenvalue weighted by atomic mass is 10.1. The highest BCUT2D eigenvalue weighted by Crippen LogP contribution is 2.41. The SMILES string of the molecule is COc1cc2cc(c1OC)OCCCCC(=O)N(C)CCCNc1ncnc3c1/C(=C/N2)C(=O)N3. The van der Waals surface area contributed by atoms with Gasteiger partial charge in [-0.3, -0.25) is 9.59 Å². The molecule has 1 aromatic heterocycles. The molecule has 11 nitrogen and oxygen atoms in total. The average Bonchev–Trinajstić information content (AvgIpc) is 3.19. The molecule has 3 N–H and O–H groups in total. The zero-order valence-electron chi connectivity index (χ0n) is 20.1. The van der Waals surface area contributed by atoms with Gasteiger partial charge in [0.2, 0.25) is 11.7 Å². The second kappa shape index (κ2) is 10.9. The Morgan fingerprint density at radius 1 is 1.06 bits per heavy atom. The fourth-order valence-corrected chi connectivity index (χ4v) is 3.97. The lowest BCUT2D eigenvalue weighted by Crippen LogP contribution is -2.28. The second-order valence-electron chi connectivity index (χ2n) is 8.21. The van der Waals surface area contributed by atoms with Crippen LogP contribution in [0.25, 0.3) is 5.57 Å². The lowest BCUT2D eigenvalue weighted by Gasteiger charge is -2.18. The number of carbonyl (C=O) groups is 2. The molecule has 0 fully saturated rings. The Balaban J connectivity index is 1.69. The summed E-state index contributed by atoms with van der Waals surface area (Å²) in [7, 11) is 4.90. The molecule has 1 aromatic carbocycles. The van der Waals surface area contributed by atoms with Crippen molar-refractivity contribution in [1.82, 2.24) is 14.9 Å². The zero-order chi connectivity index (χ0) is 24.8. The van der Waals surface area contributed by atoms with Gasteiger partial charge in [-0.2, -0.15) is 0 Å². The number of amides is 2. The largest absolute Gasteiger partial charge is 0.493 e. The third kappa shape index (κ3) is 5.39. The van der Waals surface area contributed by atoms with Gasteiger partial charge in [-0.15, -0.1) is 0 Å². The number of nitrogens with zero attached hydrogens (tertiary/aromatic N) is 3. The van der Waals surface area contributed by atoms with Crippen LogP contribution in [0.1, 0.15) is 31.2 Å². The first-order chi connectivity index (χ1) is 17.0. The van der Waals surface area contributed by atoms with Crippen molar-refractivity contribution in [3.8, 4) is 17.2 Å². The van der Waals surface area contributed by atoms with Crippen molar-refractivity contribution in [3.63, 3.8) is 0 Å². The van der Waals surface area contributed by atoms with Gasteiger partial charge in [0.25, 0.3) is 5.91 Å². The first kappa shape index (κ1) is 24.1. The number of benzene rings is 1. The standard InChI is InChI=1S/C24H30N6O5/c1-30-9-6-8-25-22-20-16(24(32)29-23(20)28-14-27-22)13-26-15-11-17(33-2)21(34-3)18(12-15)35-10-5-4-7-19(30)31/h11-14,26H,4-10H2,1-3H3,(H2,25,27,28,29,32)/b16-13-. The van der Waals surface area contributed by atoms with Crippen LogP contribution in [-0.4, -0.2) is 67.6 Å². The summed E-state index contributed by atoms with van der Waals surface area (Å²) >= 11 is 0. The average molecular weight is 483 g/mol. The molecule has 4 rings (SSSR count). The Kier molecular flexibility index (Phi) is 7.54. The van der Waals surface area contributed by atoms with Crippen LogP contribution in [0, 0.1) is 0 Å². The van der Waals surface area contributed by atoms with E-state index in [9.17, 15) is 9.59 Å². The minimum Gasteiger partial charge on any atom is -0.493 e. The Bertz CT molecular complexity index is 1140. The van der Waals surface area contributed by atoms with E-state index in [1.54, 1.807) is 44.5 Å². The molecule has 0 radical (unpaired) electrons. The number of ether oxygens (including phenoxy) is 3. The number of aromatic nitrogens is 2. The number of carbonyl (C=O) groups excluding carboxylic acids is 2. The Hall–Kier alpha value is -4.02. The number of fused-ring (bicyclic) bond motifs is 2. The zero-order valence-corrected chi connectivity index (χ0v) is 20.1. The third-order valence-electron chi connectivity index (χ3n) is 5.85. The minimum absolute atomic E-state index is 0.0938. The maximum absolute atomic E-state index is 12.7. The van der Waals surface area contributed by atoms with E-state index in [0.29, 0.717) is 84.7 Å². The van der Waals surface area contributed by atoms with E-state index in [0.717, 1.165) is 6.42 Å². The molecule has 3 heterocycles. The molecule has 0 saturated carbocycles. The molecule has 35 heavy (non-hydrogen) atoms. The van der Waals surface area contributed by atoms with Gasteiger partial charge < -0.3 is 35.1 Å². The fraction of sp³-hybridized carbons (Fsp3) is 0.417. The van der Waals surface area contributed by atoms with E-state index in [1.807, 2.05) is 0 Å². The molecule has 0 aliphatic carbocycles. The van der Waals surface area contributed by atoms with Crippen LogP contribution in [0.5, 0.6) is 17.2 Å². The predicted molar refractivity (Wildman–Crippen MR) is 132 cm³/mol. The Morgan fingerprint density at radius 3 is 2.69 bits per heavy atom. The summed E-state index contributed by atoms with van der Waals surface area (Å²) in [6.07, 6.45) is 5.63. The maximum Gasteiger partial charge on any atom is 0.259 e. The first-order valence-electron chi connectivity index (χ1n) is 11.5. The number of nitrogens with one attached hydrogen (secondary N) is 3. The van der Waals surface area contributed by atoms with E-state index in [-0.39, 0.29) is 11.8 Å². The van der Waals surface area contributed by atoms with Crippen LogP contribution in [0.4, 0.5) is 17.3 Å². The van der Waals surface area contributed by atoms with Crippen molar-refractivity contribution in [3.05, 3.63) is 30.2 Å². The molecule has 11 heteroatoms. The van der Waals surface area contributed by atoms with Gasteiger partial charge in [-0.25, -0.2) is 9.97 Å². The molecule has 0 atom stereocenters. The first-order valence-corrected chi connectivity index (χ1v) is 11.5. The highest BCUT2D eigenvalue weighted by atomic mass is 16.5. The van der Waals surface area contributed by atoms with Gasteiger partial charge in [0, 0.05) is 50.6 Å². The number of rotatable bonds is 2. The van der Waals surface area contributed by atoms with Crippen LogP contribution in [-0.2, 0) is 9.59 Å². The molecule has 0 spiro atoms. The summed E-state index contributed by atoms with van der Waals surface area (Å²) in [4.78, 5) is 35.4. The van der Waals surface area contributed by atoms with Crippen LogP contribution in [0.15, 0.2) is 24.7 Å². The van der Waals surface area contributed by atoms with Crippen LogP contribution >= 0.6 is 0 Å². The predicted octanol–water partition coefficient (Wildman–Crippen LogP) is 2.72. The van der Waals surface area contributed by atoms with Crippen molar-refractivity contribution >= 4 is 34.7 Å². The van der Waals surface area contributed by atoms with Crippen molar-refractivity contribution in [2.45, 2.75) is 25.7 Å². The minimum atomic E-state index is -0.288. The molecule has 2 bridgehead atoms. The van der Waals surface area contributed by atoms with Crippen LogP contribution < -0.4 is 30.2 Å². The van der Waals surface area contributed by atoms with Gasteiger partial charge in [0.15, 0.2) is 11.5 Å². The Morgan fingerprint density at radius 2 is 1.89 bits per heavy atom. The van der Waals surface area contributed by atoms with E-state index in [4.69, 9.17) is 14.2 Å². The molecule has 186 valence electrons. The lowest BCUT2D eigenvalue weighted by molar-refractivity contribution is -0.130. The molecule has 2 aromatic rings. The molecular formula is C24H30N6O5. The molecule has 2 aliphatic heterocycles. The fourth-order valence-electron chi connectivity index (χ4n) is 3.97. The molecule has 2 aliphatic rings. The number of methoxy groups -OCH3 is 2. The topological polar surface area (TPSA) is 127 Å². The summed E-state index contributed by atoms with van der Waals surface area (Å²) in [5.41, 5.74) is 1.63. The number of hydrogen-bond donors (Lipinski definition) is 3. The number of anilines is 3. The van der Waals surface area contributed by atoms with Crippen molar-refractivity contribution < 1.29 is 23.8 Å². The highest BCUT2D eigenvalue weighted by molar-refractivity contribution is 6.32. The Labute approximate surface area is 203 Å². The normalized spacial score (nSPS) is 18.3. The molecule has 2 amide bonds. The number of hydrogen-bond acceptors (Lipinski definition) is 9. The van der Waals surface area contributed by atoms with Crippen molar-refractivity contribution in [2.75, 3.05) is 56.9 Å². The van der Waals surface area contributed by atoms with Crippen molar-refractivity contribution in [1.29, 1.82) is 0 Å². The van der Waals surface area contributed by atoms with E-state index in [2.05, 4.69) is 25.9 Å². The smallest absolute Gasteiger partial charge is 0.259 e. The quantitative estimate of drug-likeness (QED) is 0.592. The van der Waals surface area contributed by atoms with Gasteiger partial charge in [-0.1, -0.05) is 0 Å². The van der Waals surface area contributed by atoms with Crippen molar-refractivity contribution in [2.24, 2.45) is 0 Å². The van der Waals surface area contributed by atoms with Crippen LogP contribution in [0.3, 0.4) is 0 Å². The van der Waals surface area contributed by atoms with E-state index >= 15 is 0 Å². The molecule has 0 saturated heterocycles. The van der Waals surface area contributed by atoms with E-state index < -0.39 is 0 Å². The summed E-state index contributed by atoms with van der Waals surface area (Å²) in [6, 6.07) is 3.54. The second-order valence-corrected chi connectivity index (χ2v) is 8.21. The molecular weight excluding hydrogens is 452 g/mol. The monoisotopic (exact) mass is 482 g/mol. The highest BCUT2D eigenvalue weighted by Gasteiger charge is 2.29. The summed E-state index contributed by atoms with van der Waals surface area (Å²) < 4.78 is 17.0.